The van der Waals surface area contributed by atoms with E-state index >= 15 is 0 Å². The van der Waals surface area contributed by atoms with Gasteiger partial charge >= 0.3 is 0 Å². The molecule has 3 fully saturated rings. The van der Waals surface area contributed by atoms with E-state index in [0.29, 0.717) is 48.9 Å². The van der Waals surface area contributed by atoms with Gasteiger partial charge < -0.3 is 20.4 Å². The van der Waals surface area contributed by atoms with Crippen molar-refractivity contribution in [3.05, 3.63) is 59.7 Å². The molecule has 0 radical (unpaired) electrons. The molecular weight excluding hydrogens is 504 g/mol. The zero-order valence-electron chi connectivity index (χ0n) is 23.4. The summed E-state index contributed by atoms with van der Waals surface area (Å²) >= 11 is 0. The molecule has 3 aliphatic rings. The molecule has 2 aromatic carbocycles. The molecule has 0 bridgehead atoms. The number of benzene rings is 2. The van der Waals surface area contributed by atoms with Crippen LogP contribution in [0.5, 0.6) is 0 Å². The maximum Gasteiger partial charge on any atom is 0.253 e. The third-order valence-corrected chi connectivity index (χ3v) is 8.80. The first-order chi connectivity index (χ1) is 19.4. The first kappa shape index (κ1) is 27.9. The van der Waals surface area contributed by atoms with Crippen LogP contribution in [-0.2, 0) is 20.8 Å². The molecule has 1 saturated heterocycles. The molecule has 8 nitrogen and oxygen atoms in total. The Morgan fingerprint density at radius 3 is 2.15 bits per heavy atom. The Morgan fingerprint density at radius 1 is 0.800 bits per heavy atom. The van der Waals surface area contributed by atoms with Crippen molar-refractivity contribution < 1.29 is 19.2 Å². The van der Waals surface area contributed by atoms with Crippen LogP contribution in [0.1, 0.15) is 73.7 Å². The standard InChI is InChI=1S/C32H40N4O4/c1-35(28-10-2-3-11-28)31(39)25-8-5-9-27(21-25)33-29(37)20-22-12-14-26(15-13-22)34-30(38)23-16-18-36(19-17-23)32(40)24-6-4-7-24/h5,8-9,12-15,21,23-24,28H,2-4,6-7,10-11,16-20H2,1H3,(H,33,37)(H,34,38). The van der Waals surface area contributed by atoms with Crippen molar-refractivity contribution in [3.8, 4) is 0 Å². The summed E-state index contributed by atoms with van der Waals surface area (Å²) in [5.74, 6) is 0.152. The summed E-state index contributed by atoms with van der Waals surface area (Å²) in [6, 6.07) is 14.7. The van der Waals surface area contributed by atoms with Gasteiger partial charge in [0.05, 0.1) is 6.42 Å². The number of amides is 4. The highest BCUT2D eigenvalue weighted by atomic mass is 16.2. The van der Waals surface area contributed by atoms with Crippen LogP contribution in [0.3, 0.4) is 0 Å². The fraction of sp³-hybridized carbons (Fsp3) is 0.500. The number of hydrogen-bond acceptors (Lipinski definition) is 4. The first-order valence-electron chi connectivity index (χ1n) is 14.7. The Labute approximate surface area is 236 Å². The lowest BCUT2D eigenvalue weighted by Gasteiger charge is -2.36. The third kappa shape index (κ3) is 6.72. The van der Waals surface area contributed by atoms with E-state index < -0.39 is 0 Å². The van der Waals surface area contributed by atoms with Gasteiger partial charge in [0.15, 0.2) is 0 Å². The number of nitrogens with zero attached hydrogens (tertiary/aromatic N) is 2. The Balaban J connectivity index is 1.08. The van der Waals surface area contributed by atoms with E-state index in [-0.39, 0.29) is 41.9 Å². The molecule has 2 aromatic rings. The van der Waals surface area contributed by atoms with Gasteiger partial charge in [0.25, 0.3) is 5.91 Å². The van der Waals surface area contributed by atoms with Gasteiger partial charge in [-0.15, -0.1) is 0 Å². The summed E-state index contributed by atoms with van der Waals surface area (Å²) in [7, 11) is 1.86. The molecule has 0 aromatic heterocycles. The first-order valence-corrected chi connectivity index (χ1v) is 14.7. The summed E-state index contributed by atoms with van der Waals surface area (Å²) in [5, 5.41) is 5.89. The maximum absolute atomic E-state index is 12.9. The highest BCUT2D eigenvalue weighted by molar-refractivity contribution is 5.98. The van der Waals surface area contributed by atoms with Crippen LogP contribution in [0.2, 0.25) is 0 Å². The van der Waals surface area contributed by atoms with Crippen LogP contribution in [0.15, 0.2) is 48.5 Å². The molecule has 0 atom stereocenters. The van der Waals surface area contributed by atoms with Gasteiger partial charge in [0.2, 0.25) is 17.7 Å². The smallest absolute Gasteiger partial charge is 0.253 e. The van der Waals surface area contributed by atoms with Crippen molar-refractivity contribution >= 4 is 35.0 Å². The fourth-order valence-corrected chi connectivity index (χ4v) is 6.01. The Kier molecular flexibility index (Phi) is 8.82. The highest BCUT2D eigenvalue weighted by Crippen LogP contribution is 2.30. The molecule has 2 aliphatic carbocycles. The molecule has 1 heterocycles. The SMILES string of the molecule is CN(C(=O)c1cccc(NC(=O)Cc2ccc(NC(=O)C3CCN(C(=O)C4CCC4)CC3)cc2)c1)C1CCCC1. The van der Waals surface area contributed by atoms with Crippen LogP contribution < -0.4 is 10.6 Å². The van der Waals surface area contributed by atoms with E-state index in [1.807, 2.05) is 41.1 Å². The van der Waals surface area contributed by atoms with Gasteiger partial charge in [-0.2, -0.15) is 0 Å². The second kappa shape index (κ2) is 12.7. The van der Waals surface area contributed by atoms with Crippen LogP contribution in [-0.4, -0.2) is 59.6 Å². The topological polar surface area (TPSA) is 98.8 Å². The van der Waals surface area contributed by atoms with Crippen LogP contribution in [0.25, 0.3) is 0 Å². The van der Waals surface area contributed by atoms with Crippen LogP contribution in [0, 0.1) is 11.8 Å². The summed E-state index contributed by atoms with van der Waals surface area (Å²) < 4.78 is 0. The lowest BCUT2D eigenvalue weighted by atomic mass is 9.83. The van der Waals surface area contributed by atoms with Crippen molar-refractivity contribution in [2.45, 2.75) is 70.3 Å². The average Bonchev–Trinajstić information content (AvgIpc) is 3.48. The Bertz CT molecular complexity index is 1230. The quantitative estimate of drug-likeness (QED) is 0.496. The van der Waals surface area contributed by atoms with E-state index in [9.17, 15) is 19.2 Å². The number of anilines is 2. The van der Waals surface area contributed by atoms with Crippen LogP contribution in [0.4, 0.5) is 11.4 Å². The van der Waals surface area contributed by atoms with Crippen molar-refractivity contribution in [3.63, 3.8) is 0 Å². The van der Waals surface area contributed by atoms with Gasteiger partial charge in [-0.3, -0.25) is 19.2 Å². The molecule has 212 valence electrons. The van der Waals surface area contributed by atoms with Gasteiger partial charge in [0.1, 0.15) is 0 Å². The van der Waals surface area contributed by atoms with Gasteiger partial charge in [0, 0.05) is 55.0 Å². The monoisotopic (exact) mass is 544 g/mol. The predicted octanol–water partition coefficient (Wildman–Crippen LogP) is 4.86. The van der Waals surface area contributed by atoms with Crippen molar-refractivity contribution in [1.29, 1.82) is 0 Å². The zero-order chi connectivity index (χ0) is 28.1. The number of carbonyl (C=O) groups is 4. The van der Waals surface area contributed by atoms with E-state index in [2.05, 4.69) is 10.6 Å². The molecular formula is C32H40N4O4. The highest BCUT2D eigenvalue weighted by Gasteiger charge is 2.33. The summed E-state index contributed by atoms with van der Waals surface area (Å²) in [6.07, 6.45) is 9.12. The van der Waals surface area contributed by atoms with Gasteiger partial charge in [-0.05, 0) is 74.4 Å². The number of nitrogens with one attached hydrogen (secondary N) is 2. The van der Waals surface area contributed by atoms with E-state index in [4.69, 9.17) is 0 Å². The van der Waals surface area contributed by atoms with E-state index in [0.717, 1.165) is 50.5 Å². The predicted molar refractivity (Wildman–Crippen MR) is 155 cm³/mol. The zero-order valence-corrected chi connectivity index (χ0v) is 23.4. The number of carbonyl (C=O) groups excluding carboxylic acids is 4. The molecule has 0 spiro atoms. The molecule has 1 aliphatic heterocycles. The van der Waals surface area contributed by atoms with Crippen molar-refractivity contribution in [1.82, 2.24) is 9.80 Å². The second-order valence-electron chi connectivity index (χ2n) is 11.6. The van der Waals surface area contributed by atoms with E-state index in [1.54, 1.807) is 24.3 Å². The van der Waals surface area contributed by atoms with Gasteiger partial charge in [-0.25, -0.2) is 0 Å². The second-order valence-corrected chi connectivity index (χ2v) is 11.6. The minimum Gasteiger partial charge on any atom is -0.342 e. The maximum atomic E-state index is 12.9. The molecule has 2 saturated carbocycles. The van der Waals surface area contributed by atoms with E-state index in [1.165, 1.54) is 0 Å². The van der Waals surface area contributed by atoms with Crippen molar-refractivity contribution in [2.24, 2.45) is 11.8 Å². The summed E-state index contributed by atoms with van der Waals surface area (Å²) in [5.41, 5.74) is 2.69. The number of likely N-dealkylation sites (tertiary alicyclic amines) is 1. The summed E-state index contributed by atoms with van der Waals surface area (Å²) in [6.45, 7) is 1.30. The normalized spacial score (nSPS) is 18.2. The Hall–Kier alpha value is -3.68. The Morgan fingerprint density at radius 2 is 1.50 bits per heavy atom. The lowest BCUT2D eigenvalue weighted by molar-refractivity contribution is -0.140. The molecule has 4 amide bonds. The minimum atomic E-state index is -0.172. The van der Waals surface area contributed by atoms with Crippen LogP contribution >= 0.6 is 0 Å². The summed E-state index contributed by atoms with van der Waals surface area (Å²) in [4.78, 5) is 54.6. The third-order valence-electron chi connectivity index (χ3n) is 8.80. The molecule has 40 heavy (non-hydrogen) atoms. The largest absolute Gasteiger partial charge is 0.342 e. The minimum absolute atomic E-state index is 0.0192. The molecule has 8 heteroatoms. The van der Waals surface area contributed by atoms with Crippen molar-refractivity contribution in [2.75, 3.05) is 30.8 Å². The fourth-order valence-electron chi connectivity index (χ4n) is 6.01. The number of rotatable bonds is 8. The average molecular weight is 545 g/mol. The lowest BCUT2D eigenvalue weighted by Crippen LogP contribution is -2.45. The molecule has 0 unspecified atom stereocenters. The molecule has 5 rings (SSSR count). The number of piperidine rings is 1. The molecule has 2 N–H and O–H groups in total. The number of hydrogen-bond donors (Lipinski definition) is 2. The van der Waals surface area contributed by atoms with Gasteiger partial charge in [-0.1, -0.05) is 37.5 Å².